The number of amides is 1. The summed E-state index contributed by atoms with van der Waals surface area (Å²) in [5.74, 6) is -0.202. The van der Waals surface area contributed by atoms with Crippen LogP contribution in [0.25, 0.3) is 0 Å². The van der Waals surface area contributed by atoms with Gasteiger partial charge in [-0.3, -0.25) is 4.79 Å². The second-order valence-corrected chi connectivity index (χ2v) is 8.87. The number of benzene rings is 1. The van der Waals surface area contributed by atoms with Crippen molar-refractivity contribution in [2.24, 2.45) is 0 Å². The van der Waals surface area contributed by atoms with Gasteiger partial charge in [0.15, 0.2) is 0 Å². The Morgan fingerprint density at radius 3 is 2.37 bits per heavy atom. The van der Waals surface area contributed by atoms with Crippen LogP contribution < -0.4 is 10.6 Å². The van der Waals surface area contributed by atoms with Gasteiger partial charge in [-0.15, -0.1) is 12.4 Å². The summed E-state index contributed by atoms with van der Waals surface area (Å²) in [4.78, 5) is 12.9. The van der Waals surface area contributed by atoms with Crippen molar-refractivity contribution in [1.29, 1.82) is 0 Å². The molecule has 8 heteroatoms. The molecule has 27 heavy (non-hydrogen) atoms. The van der Waals surface area contributed by atoms with Crippen molar-refractivity contribution in [3.05, 3.63) is 28.8 Å². The first-order valence-corrected chi connectivity index (χ1v) is 10.8. The maximum atomic E-state index is 13.3. The average Bonchev–Trinajstić information content (AvgIpc) is 3.03. The van der Waals surface area contributed by atoms with Gasteiger partial charge >= 0.3 is 0 Å². The summed E-state index contributed by atoms with van der Waals surface area (Å²) in [7, 11) is -3.69. The maximum absolute atomic E-state index is 13.3. The van der Waals surface area contributed by atoms with Gasteiger partial charge in [0, 0.05) is 19.6 Å². The standard InChI is InChI=1S/C19H31N3O3S.ClH/c1-5-8-20-9-10-21-19(23)17-7-6-11-22(17)26(24,25)18-15(3)12-14(2)13-16(18)4;/h12-13,17,20H,5-11H2,1-4H3,(H,21,23);1H. The van der Waals surface area contributed by atoms with Crippen LogP contribution >= 0.6 is 12.4 Å². The first-order chi connectivity index (χ1) is 12.3. The SMILES string of the molecule is CCCNCCNC(=O)C1CCCN1S(=O)(=O)c1c(C)cc(C)cc1C.Cl. The van der Waals surface area contributed by atoms with Crippen molar-refractivity contribution in [3.63, 3.8) is 0 Å². The number of hydrogen-bond donors (Lipinski definition) is 2. The predicted octanol–water partition coefficient (Wildman–Crippen LogP) is 2.30. The van der Waals surface area contributed by atoms with Gasteiger partial charge < -0.3 is 10.6 Å². The molecule has 154 valence electrons. The molecule has 2 N–H and O–H groups in total. The fourth-order valence-corrected chi connectivity index (χ4v) is 5.75. The smallest absolute Gasteiger partial charge is 0.244 e. The van der Waals surface area contributed by atoms with E-state index in [4.69, 9.17) is 0 Å². The Kier molecular flexibility index (Phi) is 9.21. The molecule has 0 radical (unpaired) electrons. The monoisotopic (exact) mass is 417 g/mol. The summed E-state index contributed by atoms with van der Waals surface area (Å²) >= 11 is 0. The number of halogens is 1. The zero-order valence-corrected chi connectivity index (χ0v) is 18.3. The van der Waals surface area contributed by atoms with E-state index in [1.54, 1.807) is 0 Å². The Morgan fingerprint density at radius 2 is 1.78 bits per heavy atom. The molecular weight excluding hydrogens is 386 g/mol. The van der Waals surface area contributed by atoms with Crippen molar-refractivity contribution in [1.82, 2.24) is 14.9 Å². The molecule has 1 aliphatic rings. The van der Waals surface area contributed by atoms with Crippen LogP contribution in [0.4, 0.5) is 0 Å². The van der Waals surface area contributed by atoms with E-state index < -0.39 is 16.1 Å². The van der Waals surface area contributed by atoms with Crippen LogP contribution in [0.15, 0.2) is 17.0 Å². The topological polar surface area (TPSA) is 78.5 Å². The Bertz CT molecular complexity index is 730. The number of nitrogens with zero attached hydrogens (tertiary/aromatic N) is 1. The van der Waals surface area contributed by atoms with Crippen LogP contribution in [0.1, 0.15) is 42.9 Å². The fourth-order valence-electron chi connectivity index (χ4n) is 3.67. The maximum Gasteiger partial charge on any atom is 0.244 e. The number of hydrogen-bond acceptors (Lipinski definition) is 4. The zero-order valence-electron chi connectivity index (χ0n) is 16.7. The van der Waals surface area contributed by atoms with E-state index in [-0.39, 0.29) is 18.3 Å². The molecule has 1 amide bonds. The molecule has 6 nitrogen and oxygen atoms in total. The highest BCUT2D eigenvalue weighted by atomic mass is 35.5. The Balaban J connectivity index is 0.00000364. The summed E-state index contributed by atoms with van der Waals surface area (Å²) in [5, 5.41) is 6.09. The van der Waals surface area contributed by atoms with Crippen LogP contribution in [0, 0.1) is 20.8 Å². The van der Waals surface area contributed by atoms with E-state index in [9.17, 15) is 13.2 Å². The second-order valence-electron chi connectivity index (χ2n) is 7.04. The molecule has 1 atom stereocenters. The third kappa shape index (κ3) is 5.67. The van der Waals surface area contributed by atoms with E-state index in [1.807, 2.05) is 32.9 Å². The van der Waals surface area contributed by atoms with Gasteiger partial charge in [-0.05, 0) is 57.7 Å². The number of nitrogens with one attached hydrogen (secondary N) is 2. The molecule has 0 spiro atoms. The first kappa shape index (κ1) is 23.9. The van der Waals surface area contributed by atoms with Crippen LogP contribution in [-0.4, -0.2) is 50.9 Å². The van der Waals surface area contributed by atoms with Crippen LogP contribution in [0.3, 0.4) is 0 Å². The summed E-state index contributed by atoms with van der Waals surface area (Å²) in [6.07, 6.45) is 2.31. The summed E-state index contributed by atoms with van der Waals surface area (Å²) < 4.78 is 27.9. The third-order valence-electron chi connectivity index (χ3n) is 4.71. The minimum absolute atomic E-state index is 0. The molecule has 0 bridgehead atoms. The lowest BCUT2D eigenvalue weighted by atomic mass is 10.1. The summed E-state index contributed by atoms with van der Waals surface area (Å²) in [6, 6.07) is 3.14. The van der Waals surface area contributed by atoms with Crippen LogP contribution in [-0.2, 0) is 14.8 Å². The van der Waals surface area contributed by atoms with Gasteiger partial charge in [0.2, 0.25) is 15.9 Å². The Morgan fingerprint density at radius 1 is 1.15 bits per heavy atom. The van der Waals surface area contributed by atoms with Gasteiger partial charge in [0.1, 0.15) is 6.04 Å². The molecule has 1 aromatic rings. The molecule has 0 aromatic heterocycles. The molecule has 1 aliphatic heterocycles. The van der Waals surface area contributed by atoms with Crippen molar-refractivity contribution in [2.75, 3.05) is 26.2 Å². The van der Waals surface area contributed by atoms with Crippen molar-refractivity contribution >= 4 is 28.3 Å². The first-order valence-electron chi connectivity index (χ1n) is 9.37. The normalized spacial score (nSPS) is 17.6. The quantitative estimate of drug-likeness (QED) is 0.636. The number of rotatable bonds is 8. The second kappa shape index (κ2) is 10.4. The molecule has 2 rings (SSSR count). The van der Waals surface area contributed by atoms with E-state index in [0.717, 1.165) is 29.7 Å². The van der Waals surface area contributed by atoms with Gasteiger partial charge in [0.25, 0.3) is 0 Å². The number of carbonyl (C=O) groups excluding carboxylic acids is 1. The molecule has 1 fully saturated rings. The van der Waals surface area contributed by atoms with Gasteiger partial charge in [-0.1, -0.05) is 24.6 Å². The highest BCUT2D eigenvalue weighted by Gasteiger charge is 2.40. The minimum Gasteiger partial charge on any atom is -0.353 e. The van der Waals surface area contributed by atoms with E-state index in [0.29, 0.717) is 37.4 Å². The van der Waals surface area contributed by atoms with E-state index in [2.05, 4.69) is 17.6 Å². The highest BCUT2D eigenvalue weighted by molar-refractivity contribution is 7.89. The highest BCUT2D eigenvalue weighted by Crippen LogP contribution is 2.30. The largest absolute Gasteiger partial charge is 0.353 e. The lowest BCUT2D eigenvalue weighted by molar-refractivity contribution is -0.124. The van der Waals surface area contributed by atoms with E-state index in [1.165, 1.54) is 4.31 Å². The average molecular weight is 418 g/mol. The van der Waals surface area contributed by atoms with Crippen molar-refractivity contribution in [2.45, 2.75) is 57.9 Å². The summed E-state index contributed by atoms with van der Waals surface area (Å²) in [5.41, 5.74) is 2.50. The summed E-state index contributed by atoms with van der Waals surface area (Å²) in [6.45, 7) is 10.2. The van der Waals surface area contributed by atoms with Crippen LogP contribution in [0.5, 0.6) is 0 Å². The number of sulfonamides is 1. The molecule has 0 aliphatic carbocycles. The fraction of sp³-hybridized carbons (Fsp3) is 0.632. The minimum atomic E-state index is -3.69. The number of aryl methyl sites for hydroxylation is 3. The predicted molar refractivity (Wildman–Crippen MR) is 111 cm³/mol. The lowest BCUT2D eigenvalue weighted by Gasteiger charge is -2.25. The van der Waals surface area contributed by atoms with Crippen molar-refractivity contribution in [3.8, 4) is 0 Å². The Labute approximate surface area is 169 Å². The molecule has 1 heterocycles. The molecule has 1 aromatic carbocycles. The van der Waals surface area contributed by atoms with Crippen molar-refractivity contribution < 1.29 is 13.2 Å². The molecule has 1 saturated heterocycles. The van der Waals surface area contributed by atoms with Gasteiger partial charge in [-0.25, -0.2) is 8.42 Å². The lowest BCUT2D eigenvalue weighted by Crippen LogP contribution is -2.47. The van der Waals surface area contributed by atoms with Crippen LogP contribution in [0.2, 0.25) is 0 Å². The Hall–Kier alpha value is -1.15. The molecule has 1 unspecified atom stereocenters. The third-order valence-corrected chi connectivity index (χ3v) is 6.92. The number of carbonyl (C=O) groups is 1. The van der Waals surface area contributed by atoms with Gasteiger partial charge in [0.05, 0.1) is 4.90 Å². The zero-order chi connectivity index (χ0) is 19.3. The molecule has 0 saturated carbocycles. The van der Waals surface area contributed by atoms with Gasteiger partial charge in [-0.2, -0.15) is 4.31 Å². The van der Waals surface area contributed by atoms with E-state index >= 15 is 0 Å². The molecular formula is C19H32ClN3O3S.